The molecule has 1 amide bonds. The Balaban J connectivity index is 1.50. The van der Waals surface area contributed by atoms with Gasteiger partial charge in [-0.25, -0.2) is 0 Å². The molecule has 26 heavy (non-hydrogen) atoms. The zero-order valence-corrected chi connectivity index (χ0v) is 15.2. The Morgan fingerprint density at radius 1 is 1.12 bits per heavy atom. The molecule has 1 N–H and O–H groups in total. The molecule has 0 radical (unpaired) electrons. The number of carbonyl (C=O) groups excluding carboxylic acids is 1. The highest BCUT2D eigenvalue weighted by Crippen LogP contribution is 2.36. The fourth-order valence-corrected chi connectivity index (χ4v) is 4.41. The number of benzene rings is 1. The van der Waals surface area contributed by atoms with E-state index in [1.807, 2.05) is 12.3 Å². The van der Waals surface area contributed by atoms with Crippen LogP contribution in [0.15, 0.2) is 48.8 Å². The lowest BCUT2D eigenvalue weighted by Gasteiger charge is -2.35. The van der Waals surface area contributed by atoms with Crippen molar-refractivity contribution in [3.8, 4) is 0 Å². The van der Waals surface area contributed by atoms with Crippen LogP contribution in [-0.2, 0) is 17.8 Å². The molecule has 1 atom stereocenters. The fraction of sp³-hybridized carbons (Fsp3) is 0.455. The fourth-order valence-electron chi connectivity index (χ4n) is 4.41. The number of aromatic nitrogens is 1. The van der Waals surface area contributed by atoms with E-state index < -0.39 is 0 Å². The number of pyridine rings is 1. The second kappa shape index (κ2) is 8.00. The van der Waals surface area contributed by atoms with E-state index in [4.69, 9.17) is 0 Å². The standard InChI is InChI=1S/C22H27N3O/c26-22(14-19-8-7-18-5-1-2-6-21(18)19)25(20-9-12-23-13-10-20)16-17-4-3-11-24-15-17/h1-6,11,15,19-20,23H,7-10,12-14,16H2/t19-/m1/s1. The number of amides is 1. The first-order valence-electron chi connectivity index (χ1n) is 9.78. The number of hydrogen-bond acceptors (Lipinski definition) is 3. The normalized spacial score (nSPS) is 19.9. The maximum Gasteiger partial charge on any atom is 0.223 e. The number of nitrogens with zero attached hydrogens (tertiary/aromatic N) is 2. The van der Waals surface area contributed by atoms with Crippen LogP contribution in [0.1, 0.15) is 48.3 Å². The third kappa shape index (κ3) is 3.80. The van der Waals surface area contributed by atoms with Gasteiger partial charge >= 0.3 is 0 Å². The van der Waals surface area contributed by atoms with Crippen LogP contribution in [0.3, 0.4) is 0 Å². The summed E-state index contributed by atoms with van der Waals surface area (Å²) in [5.74, 6) is 0.666. The Hall–Kier alpha value is -2.20. The van der Waals surface area contributed by atoms with Crippen molar-refractivity contribution in [2.45, 2.75) is 50.6 Å². The average molecular weight is 349 g/mol. The van der Waals surface area contributed by atoms with E-state index in [-0.39, 0.29) is 0 Å². The van der Waals surface area contributed by atoms with Gasteiger partial charge in [0.25, 0.3) is 0 Å². The van der Waals surface area contributed by atoms with Gasteiger partial charge in [-0.2, -0.15) is 0 Å². The Morgan fingerprint density at radius 3 is 2.77 bits per heavy atom. The summed E-state index contributed by atoms with van der Waals surface area (Å²) in [6, 6.07) is 13.0. The van der Waals surface area contributed by atoms with Crippen LogP contribution in [0.25, 0.3) is 0 Å². The second-order valence-corrected chi connectivity index (χ2v) is 7.50. The van der Waals surface area contributed by atoms with Gasteiger partial charge in [0.15, 0.2) is 0 Å². The van der Waals surface area contributed by atoms with Crippen molar-refractivity contribution < 1.29 is 4.79 Å². The second-order valence-electron chi connectivity index (χ2n) is 7.50. The molecular weight excluding hydrogens is 322 g/mol. The molecule has 1 aliphatic carbocycles. The van der Waals surface area contributed by atoms with Crippen LogP contribution in [0, 0.1) is 0 Å². The summed E-state index contributed by atoms with van der Waals surface area (Å²) < 4.78 is 0. The van der Waals surface area contributed by atoms with Crippen molar-refractivity contribution in [1.82, 2.24) is 15.2 Å². The quantitative estimate of drug-likeness (QED) is 0.901. The molecule has 0 bridgehead atoms. The molecule has 1 aromatic carbocycles. The van der Waals surface area contributed by atoms with Crippen molar-refractivity contribution in [3.05, 3.63) is 65.5 Å². The lowest BCUT2D eigenvalue weighted by atomic mass is 9.95. The molecular formula is C22H27N3O. The lowest BCUT2D eigenvalue weighted by Crippen LogP contribution is -2.46. The topological polar surface area (TPSA) is 45.2 Å². The SMILES string of the molecule is O=C(C[C@H]1CCc2ccccc21)N(Cc1cccnc1)C1CCNCC1. The van der Waals surface area contributed by atoms with Gasteiger partial charge in [0.1, 0.15) is 0 Å². The molecule has 0 saturated carbocycles. The van der Waals surface area contributed by atoms with E-state index >= 15 is 0 Å². The maximum absolute atomic E-state index is 13.3. The number of carbonyl (C=O) groups is 1. The molecule has 1 saturated heterocycles. The molecule has 1 fully saturated rings. The summed E-state index contributed by atoms with van der Waals surface area (Å²) in [4.78, 5) is 19.6. The summed E-state index contributed by atoms with van der Waals surface area (Å²) >= 11 is 0. The highest BCUT2D eigenvalue weighted by atomic mass is 16.2. The van der Waals surface area contributed by atoms with Crippen LogP contribution in [-0.4, -0.2) is 34.9 Å². The van der Waals surface area contributed by atoms with Crippen LogP contribution < -0.4 is 5.32 Å². The Morgan fingerprint density at radius 2 is 1.96 bits per heavy atom. The zero-order valence-electron chi connectivity index (χ0n) is 15.2. The maximum atomic E-state index is 13.3. The molecule has 2 heterocycles. The van der Waals surface area contributed by atoms with Gasteiger partial charge in [0.2, 0.25) is 5.91 Å². The first kappa shape index (κ1) is 17.2. The summed E-state index contributed by atoms with van der Waals surface area (Å²) in [6.07, 6.45) is 8.56. The third-order valence-electron chi connectivity index (χ3n) is 5.82. The van der Waals surface area contributed by atoms with Crippen molar-refractivity contribution in [3.63, 3.8) is 0 Å². The lowest BCUT2D eigenvalue weighted by molar-refractivity contribution is -0.135. The molecule has 4 nitrogen and oxygen atoms in total. The first-order chi connectivity index (χ1) is 12.8. The summed E-state index contributed by atoms with van der Waals surface area (Å²) in [6.45, 7) is 2.66. The predicted molar refractivity (Wildman–Crippen MR) is 103 cm³/mol. The summed E-state index contributed by atoms with van der Waals surface area (Å²) in [5.41, 5.74) is 3.92. The van der Waals surface area contributed by atoms with E-state index in [1.54, 1.807) is 6.20 Å². The van der Waals surface area contributed by atoms with Gasteiger partial charge in [-0.3, -0.25) is 9.78 Å². The van der Waals surface area contributed by atoms with Crippen LogP contribution >= 0.6 is 0 Å². The molecule has 4 rings (SSSR count). The minimum Gasteiger partial charge on any atom is -0.335 e. The zero-order chi connectivity index (χ0) is 17.8. The monoisotopic (exact) mass is 349 g/mol. The smallest absolute Gasteiger partial charge is 0.223 e. The van der Waals surface area contributed by atoms with Crippen LogP contribution in [0.2, 0.25) is 0 Å². The molecule has 1 aliphatic heterocycles. The molecule has 4 heteroatoms. The van der Waals surface area contributed by atoms with Gasteiger partial charge in [-0.1, -0.05) is 30.3 Å². The average Bonchev–Trinajstić information content (AvgIpc) is 3.10. The third-order valence-corrected chi connectivity index (χ3v) is 5.82. The molecule has 1 aromatic heterocycles. The van der Waals surface area contributed by atoms with Gasteiger partial charge in [-0.15, -0.1) is 0 Å². The number of hydrogen-bond donors (Lipinski definition) is 1. The Kier molecular flexibility index (Phi) is 5.30. The summed E-state index contributed by atoms with van der Waals surface area (Å²) in [5, 5.41) is 3.41. The van der Waals surface area contributed by atoms with Crippen molar-refractivity contribution in [2.75, 3.05) is 13.1 Å². The van der Waals surface area contributed by atoms with Crippen molar-refractivity contribution in [2.24, 2.45) is 0 Å². The number of aryl methyl sites for hydroxylation is 1. The van der Waals surface area contributed by atoms with E-state index in [9.17, 15) is 4.79 Å². The Bertz CT molecular complexity index is 740. The van der Waals surface area contributed by atoms with Crippen LogP contribution in [0.4, 0.5) is 0 Å². The predicted octanol–water partition coefficient (Wildman–Crippen LogP) is 3.28. The van der Waals surface area contributed by atoms with E-state index in [2.05, 4.69) is 45.5 Å². The van der Waals surface area contributed by atoms with Gasteiger partial charge in [-0.05, 0) is 67.4 Å². The van der Waals surface area contributed by atoms with Gasteiger partial charge in [0, 0.05) is 31.4 Å². The van der Waals surface area contributed by atoms with E-state index in [0.29, 0.717) is 30.8 Å². The first-order valence-corrected chi connectivity index (χ1v) is 9.78. The Labute approximate surface area is 155 Å². The molecule has 2 aromatic rings. The van der Waals surface area contributed by atoms with E-state index in [1.165, 1.54) is 11.1 Å². The minimum atomic E-state index is 0.294. The van der Waals surface area contributed by atoms with E-state index in [0.717, 1.165) is 44.3 Å². The van der Waals surface area contributed by atoms with Crippen molar-refractivity contribution in [1.29, 1.82) is 0 Å². The van der Waals surface area contributed by atoms with Gasteiger partial charge in [0.05, 0.1) is 0 Å². The number of nitrogens with one attached hydrogen (secondary N) is 1. The minimum absolute atomic E-state index is 0.294. The molecule has 0 spiro atoms. The van der Waals surface area contributed by atoms with Crippen molar-refractivity contribution >= 4 is 5.91 Å². The largest absolute Gasteiger partial charge is 0.335 e. The number of rotatable bonds is 5. The number of fused-ring (bicyclic) bond motifs is 1. The highest BCUT2D eigenvalue weighted by molar-refractivity contribution is 5.77. The molecule has 136 valence electrons. The molecule has 2 aliphatic rings. The molecule has 0 unspecified atom stereocenters. The number of piperidine rings is 1. The highest BCUT2D eigenvalue weighted by Gasteiger charge is 2.30. The van der Waals surface area contributed by atoms with Gasteiger partial charge < -0.3 is 10.2 Å². The van der Waals surface area contributed by atoms with Crippen LogP contribution in [0.5, 0.6) is 0 Å². The summed E-state index contributed by atoms with van der Waals surface area (Å²) in [7, 11) is 0.